The Hall–Kier alpha value is -2.26. The van der Waals surface area contributed by atoms with E-state index in [4.69, 9.17) is 27.8 Å². The van der Waals surface area contributed by atoms with E-state index in [-0.39, 0.29) is 72.0 Å². The Bertz CT molecular complexity index is 1010. The van der Waals surface area contributed by atoms with Crippen LogP contribution in [-0.4, -0.2) is 54.5 Å². The number of carbonyl (C=O) groups is 3. The smallest absolute Gasteiger partial charge is 0.459 e. The molecule has 0 unspecified atom stereocenters. The van der Waals surface area contributed by atoms with Crippen molar-refractivity contribution in [3.05, 3.63) is 36.5 Å². The molecule has 0 heterocycles. The SMILES string of the molecule is C=C(C)C(=O)OCC(OP(=O)(OC(COC(=O)C(=C)C)(C(C)C)C(C)C)OC(COC(=O)C(=C)C)(C(C)C)C(C)C)(C(C)C)C(C)C. The van der Waals surface area contributed by atoms with Crippen molar-refractivity contribution in [2.75, 3.05) is 19.8 Å². The molecule has 0 radical (unpaired) electrons. The molecular formula is C36H63O10P. The molecule has 0 bridgehead atoms. The van der Waals surface area contributed by atoms with Crippen molar-refractivity contribution in [2.24, 2.45) is 35.5 Å². The molecule has 0 aromatic heterocycles. The zero-order valence-electron chi connectivity index (χ0n) is 31.7. The Morgan fingerprint density at radius 1 is 0.468 bits per heavy atom. The molecular weight excluding hydrogens is 623 g/mol. The van der Waals surface area contributed by atoms with Gasteiger partial charge in [0, 0.05) is 16.7 Å². The van der Waals surface area contributed by atoms with E-state index in [1.54, 1.807) is 0 Å². The molecule has 272 valence electrons. The maximum Gasteiger partial charge on any atom is 0.476 e. The van der Waals surface area contributed by atoms with Crippen LogP contribution in [0.2, 0.25) is 0 Å². The van der Waals surface area contributed by atoms with Crippen LogP contribution in [0, 0.1) is 35.5 Å². The summed E-state index contributed by atoms with van der Waals surface area (Å²) in [6.07, 6.45) is 0. The summed E-state index contributed by atoms with van der Waals surface area (Å²) in [5, 5.41) is 0. The highest BCUT2D eigenvalue weighted by Gasteiger charge is 2.57. The Morgan fingerprint density at radius 2 is 0.638 bits per heavy atom. The van der Waals surface area contributed by atoms with Crippen molar-refractivity contribution in [3.8, 4) is 0 Å². The van der Waals surface area contributed by atoms with Crippen molar-refractivity contribution in [2.45, 2.75) is 121 Å². The summed E-state index contributed by atoms with van der Waals surface area (Å²) in [5.74, 6) is -4.13. The quantitative estimate of drug-likeness (QED) is 0.0501. The lowest BCUT2D eigenvalue weighted by Gasteiger charge is -2.49. The first-order valence-electron chi connectivity index (χ1n) is 16.5. The minimum absolute atomic E-state index is 0.193. The maximum absolute atomic E-state index is 15.7. The van der Waals surface area contributed by atoms with Crippen molar-refractivity contribution < 1.29 is 46.7 Å². The molecule has 47 heavy (non-hydrogen) atoms. The number of carbonyl (C=O) groups excluding carboxylic acids is 3. The molecule has 0 aliphatic carbocycles. The van der Waals surface area contributed by atoms with Crippen LogP contribution in [-0.2, 0) is 46.7 Å². The molecule has 0 rings (SSSR count). The normalized spacial score (nSPS) is 13.1. The average molecular weight is 687 g/mol. The maximum atomic E-state index is 15.7. The molecule has 0 spiro atoms. The molecule has 11 heteroatoms. The molecule has 0 atom stereocenters. The van der Waals surface area contributed by atoms with Gasteiger partial charge in [0.25, 0.3) is 0 Å². The molecule has 0 amide bonds. The van der Waals surface area contributed by atoms with Gasteiger partial charge >= 0.3 is 25.7 Å². The second-order valence-corrected chi connectivity index (χ2v) is 16.0. The summed E-state index contributed by atoms with van der Waals surface area (Å²) in [6, 6.07) is 0. The minimum atomic E-state index is -4.80. The number of esters is 3. The van der Waals surface area contributed by atoms with E-state index in [2.05, 4.69) is 19.7 Å². The van der Waals surface area contributed by atoms with Crippen molar-refractivity contribution in [3.63, 3.8) is 0 Å². The molecule has 0 aromatic carbocycles. The Balaban J connectivity index is 7.72. The number of phosphoric ester groups is 1. The number of ether oxygens (including phenoxy) is 3. The summed E-state index contributed by atoms with van der Waals surface area (Å²) in [7, 11) is -4.80. The summed E-state index contributed by atoms with van der Waals surface area (Å²) in [6.45, 7) is 37.1. The third kappa shape index (κ3) is 11.4. The molecule has 0 saturated carbocycles. The number of rotatable bonds is 21. The first kappa shape index (κ1) is 44.7. The molecule has 0 N–H and O–H groups in total. The standard InChI is InChI=1S/C36H63O10P/c1-22(2)31(37)41-19-34(25(7)8,26(9)10)44-47(40,45-35(27(11)12,28(13)14)20-42-32(38)23(3)4)46-36(29(15)16,30(17)18)21-43-33(39)24(5)6/h25-30H,1,3,5,19-21H2,2,4,6-18H3. The van der Waals surface area contributed by atoms with Gasteiger partial charge in [-0.15, -0.1) is 0 Å². The zero-order chi connectivity index (χ0) is 37.3. The lowest BCUT2D eigenvalue weighted by Crippen LogP contribution is -2.53. The predicted molar refractivity (Wildman–Crippen MR) is 185 cm³/mol. The third-order valence-electron chi connectivity index (χ3n) is 9.04. The highest BCUT2D eigenvalue weighted by atomic mass is 31.2. The van der Waals surface area contributed by atoms with Gasteiger partial charge in [-0.05, 0) is 56.3 Å². The van der Waals surface area contributed by atoms with Crippen molar-refractivity contribution in [1.82, 2.24) is 0 Å². The van der Waals surface area contributed by atoms with Crippen LogP contribution in [0.25, 0.3) is 0 Å². The van der Waals surface area contributed by atoms with Crippen LogP contribution in [0.4, 0.5) is 0 Å². The lowest BCUT2D eigenvalue weighted by molar-refractivity contribution is -0.180. The van der Waals surface area contributed by atoms with E-state index < -0.39 is 42.5 Å². The first-order valence-corrected chi connectivity index (χ1v) is 17.9. The van der Waals surface area contributed by atoms with Gasteiger partial charge in [-0.1, -0.05) is 103 Å². The van der Waals surface area contributed by atoms with E-state index in [0.717, 1.165) is 0 Å². The summed E-state index contributed by atoms with van der Waals surface area (Å²) < 4.78 is 52.7. The number of hydrogen-bond donors (Lipinski definition) is 0. The topological polar surface area (TPSA) is 124 Å². The van der Waals surface area contributed by atoms with Crippen LogP contribution in [0.1, 0.15) is 104 Å². The van der Waals surface area contributed by atoms with Crippen LogP contribution in [0.15, 0.2) is 36.5 Å². The highest BCUT2D eigenvalue weighted by Crippen LogP contribution is 2.63. The van der Waals surface area contributed by atoms with Crippen molar-refractivity contribution >= 4 is 25.7 Å². The second-order valence-electron chi connectivity index (χ2n) is 14.6. The zero-order valence-corrected chi connectivity index (χ0v) is 32.6. The summed E-state index contributed by atoms with van der Waals surface area (Å²) in [4.78, 5) is 37.8. The Kier molecular flexibility index (Phi) is 17.1. The van der Waals surface area contributed by atoms with Crippen LogP contribution in [0.5, 0.6) is 0 Å². The second kappa shape index (κ2) is 17.9. The van der Waals surface area contributed by atoms with Crippen LogP contribution >= 0.6 is 7.82 Å². The van der Waals surface area contributed by atoms with Gasteiger partial charge in [0.05, 0.1) is 0 Å². The largest absolute Gasteiger partial charge is 0.476 e. The highest BCUT2D eigenvalue weighted by molar-refractivity contribution is 7.48. The Labute approximate surface area is 284 Å². The van der Waals surface area contributed by atoms with E-state index in [9.17, 15) is 14.4 Å². The van der Waals surface area contributed by atoms with Crippen molar-refractivity contribution in [1.29, 1.82) is 0 Å². The van der Waals surface area contributed by atoms with Gasteiger partial charge in [-0.25, -0.2) is 18.9 Å². The molecule has 0 aromatic rings. The summed E-state index contributed by atoms with van der Waals surface area (Å²) >= 11 is 0. The van der Waals surface area contributed by atoms with Gasteiger partial charge in [0.1, 0.15) is 36.6 Å². The minimum Gasteiger partial charge on any atom is -0.459 e. The van der Waals surface area contributed by atoms with Crippen LogP contribution in [0.3, 0.4) is 0 Å². The van der Waals surface area contributed by atoms with Gasteiger partial charge in [-0.3, -0.25) is 13.6 Å². The van der Waals surface area contributed by atoms with E-state index >= 15 is 4.57 Å². The molecule has 0 aliphatic rings. The van der Waals surface area contributed by atoms with E-state index in [1.807, 2.05) is 83.1 Å². The average Bonchev–Trinajstić information content (AvgIpc) is 2.93. The fourth-order valence-corrected chi connectivity index (χ4v) is 8.08. The molecule has 0 aliphatic heterocycles. The van der Waals surface area contributed by atoms with Crippen LogP contribution < -0.4 is 0 Å². The lowest BCUT2D eigenvalue weighted by atomic mass is 9.81. The van der Waals surface area contributed by atoms with Gasteiger partial charge in [-0.2, -0.15) is 0 Å². The van der Waals surface area contributed by atoms with E-state index in [0.29, 0.717) is 0 Å². The van der Waals surface area contributed by atoms with Gasteiger partial charge in [0.15, 0.2) is 0 Å². The monoisotopic (exact) mass is 686 g/mol. The molecule has 0 saturated heterocycles. The Morgan fingerprint density at radius 3 is 0.766 bits per heavy atom. The number of hydrogen-bond acceptors (Lipinski definition) is 10. The summed E-state index contributed by atoms with van der Waals surface area (Å²) in [5.41, 5.74) is -3.58. The number of phosphoric acid groups is 1. The molecule has 0 fully saturated rings. The fraction of sp³-hybridized carbons (Fsp3) is 0.750. The third-order valence-corrected chi connectivity index (χ3v) is 10.7. The fourth-order valence-electron chi connectivity index (χ4n) is 5.30. The predicted octanol–water partition coefficient (Wildman–Crippen LogP) is 8.65. The van der Waals surface area contributed by atoms with E-state index in [1.165, 1.54) is 20.8 Å². The van der Waals surface area contributed by atoms with Gasteiger partial charge < -0.3 is 14.2 Å². The first-order chi connectivity index (χ1) is 21.3. The molecule has 10 nitrogen and oxygen atoms in total. The van der Waals surface area contributed by atoms with Gasteiger partial charge in [0.2, 0.25) is 0 Å².